The molecule has 28 heavy (non-hydrogen) atoms. The van der Waals surface area contributed by atoms with E-state index in [1.807, 2.05) is 24.3 Å². The van der Waals surface area contributed by atoms with Crippen molar-refractivity contribution < 1.29 is 14.2 Å². The molecule has 0 amide bonds. The van der Waals surface area contributed by atoms with Crippen molar-refractivity contribution in [3.63, 3.8) is 0 Å². The smallest absolute Gasteiger partial charge is 0.312 e. The molecule has 0 aliphatic heterocycles. The summed E-state index contributed by atoms with van der Waals surface area (Å²) in [6.45, 7) is 0.166. The Kier molecular flexibility index (Phi) is 6.00. The van der Waals surface area contributed by atoms with Gasteiger partial charge in [-0.2, -0.15) is 0 Å². The standard InChI is InChI=1S/C20H20N2O5S/c1-25-16-7-5-4-6-14(16)21-12-22-15(11-19(23)28-20(22)24)13-8-9-17(26-2)18(10-13)27-3/h4-11,21H,12H2,1-3H3. The average Bonchev–Trinajstić information content (AvgIpc) is 2.72. The van der Waals surface area contributed by atoms with E-state index >= 15 is 0 Å². The van der Waals surface area contributed by atoms with Gasteiger partial charge in [-0.05, 0) is 41.7 Å². The van der Waals surface area contributed by atoms with Gasteiger partial charge in [-0.3, -0.25) is 14.2 Å². The van der Waals surface area contributed by atoms with E-state index < -0.39 is 0 Å². The molecule has 3 rings (SSSR count). The molecule has 0 unspecified atom stereocenters. The molecule has 0 aliphatic carbocycles. The van der Waals surface area contributed by atoms with Crippen LogP contribution in [0.4, 0.5) is 5.69 Å². The number of hydrogen-bond acceptors (Lipinski definition) is 7. The molecule has 0 saturated carbocycles. The van der Waals surface area contributed by atoms with Gasteiger partial charge in [0.2, 0.25) is 4.74 Å². The van der Waals surface area contributed by atoms with E-state index in [-0.39, 0.29) is 16.3 Å². The molecule has 1 N–H and O–H groups in total. The number of methoxy groups -OCH3 is 3. The molecule has 0 bridgehead atoms. The molecule has 3 aromatic rings. The SMILES string of the molecule is COc1ccccc1NCn1c(-c2ccc(OC)c(OC)c2)cc(=O)sc1=O. The first-order valence-corrected chi connectivity index (χ1v) is 9.23. The first kappa shape index (κ1) is 19.5. The highest BCUT2D eigenvalue weighted by atomic mass is 32.1. The van der Waals surface area contributed by atoms with Crippen LogP contribution in [0.3, 0.4) is 0 Å². The quantitative estimate of drug-likeness (QED) is 0.657. The van der Waals surface area contributed by atoms with Gasteiger partial charge >= 0.3 is 4.87 Å². The van der Waals surface area contributed by atoms with Crippen LogP contribution in [0.25, 0.3) is 11.3 Å². The lowest BCUT2D eigenvalue weighted by molar-refractivity contribution is 0.355. The maximum absolute atomic E-state index is 12.5. The summed E-state index contributed by atoms with van der Waals surface area (Å²) in [6, 6.07) is 14.1. The number of aromatic nitrogens is 1. The fourth-order valence-corrected chi connectivity index (χ4v) is 3.41. The Labute approximate surface area is 165 Å². The summed E-state index contributed by atoms with van der Waals surface area (Å²) in [6.07, 6.45) is 0. The molecule has 8 heteroatoms. The molecule has 1 aromatic heterocycles. The zero-order valence-electron chi connectivity index (χ0n) is 15.7. The Hall–Kier alpha value is -3.26. The van der Waals surface area contributed by atoms with Crippen molar-refractivity contribution in [3.05, 3.63) is 67.7 Å². The van der Waals surface area contributed by atoms with Gasteiger partial charge in [0, 0.05) is 11.6 Å². The van der Waals surface area contributed by atoms with Gasteiger partial charge in [0.05, 0.1) is 39.4 Å². The molecule has 2 aromatic carbocycles. The van der Waals surface area contributed by atoms with E-state index in [0.29, 0.717) is 39.8 Å². The van der Waals surface area contributed by atoms with Crippen LogP contribution in [-0.2, 0) is 6.67 Å². The lowest BCUT2D eigenvalue weighted by Gasteiger charge is -2.16. The van der Waals surface area contributed by atoms with Crippen LogP contribution in [-0.4, -0.2) is 25.9 Å². The summed E-state index contributed by atoms with van der Waals surface area (Å²) >= 11 is 0.655. The number of benzene rings is 2. The lowest BCUT2D eigenvalue weighted by Crippen LogP contribution is -2.26. The van der Waals surface area contributed by atoms with Gasteiger partial charge in [-0.25, -0.2) is 0 Å². The monoisotopic (exact) mass is 400 g/mol. The van der Waals surface area contributed by atoms with E-state index in [2.05, 4.69) is 5.32 Å². The third-order valence-corrected chi connectivity index (χ3v) is 4.88. The van der Waals surface area contributed by atoms with Crippen molar-refractivity contribution in [2.45, 2.75) is 6.67 Å². The molecule has 0 fully saturated rings. The molecule has 0 saturated heterocycles. The van der Waals surface area contributed by atoms with Crippen LogP contribution < -0.4 is 29.1 Å². The van der Waals surface area contributed by atoms with E-state index in [9.17, 15) is 9.59 Å². The normalized spacial score (nSPS) is 10.4. The fraction of sp³-hybridized carbons (Fsp3) is 0.200. The van der Waals surface area contributed by atoms with Crippen LogP contribution in [0.2, 0.25) is 0 Å². The second-order valence-corrected chi connectivity index (χ2v) is 6.71. The van der Waals surface area contributed by atoms with Gasteiger partial charge < -0.3 is 19.5 Å². The molecule has 7 nitrogen and oxygen atoms in total. The number of nitrogens with zero attached hydrogens (tertiary/aromatic N) is 1. The maximum atomic E-state index is 12.5. The van der Waals surface area contributed by atoms with Gasteiger partial charge in [-0.1, -0.05) is 12.1 Å². The highest BCUT2D eigenvalue weighted by Gasteiger charge is 2.13. The molecule has 0 radical (unpaired) electrons. The van der Waals surface area contributed by atoms with Crippen LogP contribution in [0, 0.1) is 0 Å². The average molecular weight is 400 g/mol. The zero-order valence-corrected chi connectivity index (χ0v) is 16.5. The van der Waals surface area contributed by atoms with Crippen molar-refractivity contribution in [2.75, 3.05) is 26.6 Å². The summed E-state index contributed by atoms with van der Waals surface area (Å²) in [7, 11) is 4.66. The first-order valence-electron chi connectivity index (χ1n) is 8.41. The Morgan fingerprint density at radius 3 is 2.32 bits per heavy atom. The third kappa shape index (κ3) is 4.01. The Morgan fingerprint density at radius 2 is 1.61 bits per heavy atom. The summed E-state index contributed by atoms with van der Waals surface area (Å²) in [5.74, 6) is 1.73. The van der Waals surface area contributed by atoms with Crippen LogP contribution in [0.15, 0.2) is 58.1 Å². The van der Waals surface area contributed by atoms with E-state index in [0.717, 1.165) is 5.69 Å². The molecule has 146 valence electrons. The Balaban J connectivity index is 2.03. The Bertz CT molecular complexity index is 1090. The molecule has 0 spiro atoms. The largest absolute Gasteiger partial charge is 0.495 e. The minimum atomic E-state index is -0.361. The number of anilines is 1. The van der Waals surface area contributed by atoms with Gasteiger partial charge in [0.15, 0.2) is 11.5 Å². The van der Waals surface area contributed by atoms with Gasteiger partial charge in [0.25, 0.3) is 0 Å². The predicted molar refractivity (Wildman–Crippen MR) is 110 cm³/mol. The molecular formula is C20H20N2O5S. The van der Waals surface area contributed by atoms with E-state index in [1.165, 1.54) is 17.7 Å². The van der Waals surface area contributed by atoms with E-state index in [4.69, 9.17) is 14.2 Å². The van der Waals surface area contributed by atoms with Gasteiger partial charge in [-0.15, -0.1) is 0 Å². The van der Waals surface area contributed by atoms with Crippen molar-refractivity contribution in [2.24, 2.45) is 0 Å². The highest BCUT2D eigenvalue weighted by Crippen LogP contribution is 2.32. The summed E-state index contributed by atoms with van der Waals surface area (Å²) in [5.41, 5.74) is 1.89. The predicted octanol–water partition coefficient (Wildman–Crippen LogP) is 3.03. The zero-order chi connectivity index (χ0) is 20.1. The molecule has 1 heterocycles. The maximum Gasteiger partial charge on any atom is 0.312 e. The number of para-hydroxylation sites is 2. The number of ether oxygens (including phenoxy) is 3. The van der Waals surface area contributed by atoms with Crippen LogP contribution >= 0.6 is 11.3 Å². The fourth-order valence-electron chi connectivity index (χ4n) is 2.80. The van der Waals surface area contributed by atoms with Crippen molar-refractivity contribution >= 4 is 17.0 Å². The summed E-state index contributed by atoms with van der Waals surface area (Å²) < 4.78 is 17.1. The van der Waals surface area contributed by atoms with Crippen molar-refractivity contribution in [1.82, 2.24) is 4.57 Å². The minimum absolute atomic E-state index is 0.166. The number of nitrogens with one attached hydrogen (secondary N) is 1. The Morgan fingerprint density at radius 1 is 0.893 bits per heavy atom. The lowest BCUT2D eigenvalue weighted by atomic mass is 10.1. The molecular weight excluding hydrogens is 380 g/mol. The first-order chi connectivity index (χ1) is 13.6. The topological polar surface area (TPSA) is 78.8 Å². The van der Waals surface area contributed by atoms with Crippen molar-refractivity contribution in [1.29, 1.82) is 0 Å². The third-order valence-electron chi connectivity index (χ3n) is 4.17. The molecule has 0 aliphatic rings. The number of hydrogen-bond donors (Lipinski definition) is 1. The highest BCUT2D eigenvalue weighted by molar-refractivity contribution is 7.06. The van der Waals surface area contributed by atoms with Crippen LogP contribution in [0.1, 0.15) is 0 Å². The van der Waals surface area contributed by atoms with Crippen LogP contribution in [0.5, 0.6) is 17.2 Å². The second kappa shape index (κ2) is 8.62. The summed E-state index contributed by atoms with van der Waals surface area (Å²) in [5, 5.41) is 3.19. The molecule has 0 atom stereocenters. The minimum Gasteiger partial charge on any atom is -0.495 e. The second-order valence-electron chi connectivity index (χ2n) is 5.75. The van der Waals surface area contributed by atoms with Gasteiger partial charge in [0.1, 0.15) is 5.75 Å². The van der Waals surface area contributed by atoms with Crippen molar-refractivity contribution in [3.8, 4) is 28.5 Å². The van der Waals surface area contributed by atoms with E-state index in [1.54, 1.807) is 32.4 Å². The number of rotatable bonds is 7. The summed E-state index contributed by atoms with van der Waals surface area (Å²) in [4.78, 5) is 24.2.